The van der Waals surface area contributed by atoms with Gasteiger partial charge in [-0.25, -0.2) is 9.59 Å². The maximum atomic E-state index is 12.6. The number of carboxylic acid groups (broad SMARTS) is 1. The summed E-state index contributed by atoms with van der Waals surface area (Å²) in [5.74, 6) is -1.36. The highest BCUT2D eigenvalue weighted by Gasteiger charge is 2.40. The zero-order valence-corrected chi connectivity index (χ0v) is 17.6. The van der Waals surface area contributed by atoms with E-state index >= 15 is 0 Å². The van der Waals surface area contributed by atoms with Gasteiger partial charge in [-0.15, -0.1) is 0 Å². The Labute approximate surface area is 162 Å². The third-order valence-electron chi connectivity index (χ3n) is 5.12. The molecular formula is C20H35NO6. The summed E-state index contributed by atoms with van der Waals surface area (Å²) in [5.41, 5.74) is -1.43. The molecule has 7 nitrogen and oxygen atoms in total. The first-order chi connectivity index (χ1) is 12.2. The van der Waals surface area contributed by atoms with Crippen molar-refractivity contribution in [2.45, 2.75) is 91.9 Å². The molecule has 0 aromatic carbocycles. The number of hydrogen-bond donors (Lipinski definition) is 2. The maximum Gasteiger partial charge on any atom is 0.408 e. The molecule has 0 unspecified atom stereocenters. The van der Waals surface area contributed by atoms with E-state index in [1.54, 1.807) is 34.6 Å². The molecule has 0 bridgehead atoms. The quantitative estimate of drug-likeness (QED) is 0.675. The minimum Gasteiger partial charge on any atom is -0.481 e. The van der Waals surface area contributed by atoms with E-state index in [1.807, 2.05) is 13.8 Å². The maximum absolute atomic E-state index is 12.6. The third kappa shape index (κ3) is 7.03. The van der Waals surface area contributed by atoms with Crippen LogP contribution < -0.4 is 5.32 Å². The Morgan fingerprint density at radius 1 is 1.00 bits per heavy atom. The molecule has 27 heavy (non-hydrogen) atoms. The van der Waals surface area contributed by atoms with Crippen LogP contribution in [0.25, 0.3) is 0 Å². The van der Waals surface area contributed by atoms with Crippen LogP contribution in [0.5, 0.6) is 0 Å². The van der Waals surface area contributed by atoms with Crippen LogP contribution in [-0.2, 0) is 19.1 Å². The van der Waals surface area contributed by atoms with Crippen molar-refractivity contribution in [3.63, 3.8) is 0 Å². The first-order valence-corrected chi connectivity index (χ1v) is 9.67. The number of alkyl carbamates (subject to hydrolysis) is 1. The van der Waals surface area contributed by atoms with Gasteiger partial charge in [0.25, 0.3) is 0 Å². The average Bonchev–Trinajstić information content (AvgIpc) is 2.50. The molecule has 7 heteroatoms. The van der Waals surface area contributed by atoms with Crippen LogP contribution in [0.1, 0.15) is 74.1 Å². The molecule has 0 aliphatic heterocycles. The molecule has 1 rings (SSSR count). The fraction of sp³-hybridized carbons (Fsp3) is 0.850. The van der Waals surface area contributed by atoms with Gasteiger partial charge in [-0.1, -0.05) is 13.8 Å². The van der Waals surface area contributed by atoms with Crippen LogP contribution in [0.15, 0.2) is 0 Å². The number of ether oxygens (including phenoxy) is 2. The molecule has 0 heterocycles. The Balaban J connectivity index is 2.61. The predicted octanol–water partition coefficient (Wildman–Crippen LogP) is 3.75. The number of nitrogens with one attached hydrogen (secondary N) is 1. The molecule has 1 aliphatic carbocycles. The molecular weight excluding hydrogens is 350 g/mol. The average molecular weight is 386 g/mol. The van der Waals surface area contributed by atoms with Gasteiger partial charge in [0.1, 0.15) is 17.7 Å². The second-order valence-corrected chi connectivity index (χ2v) is 9.31. The summed E-state index contributed by atoms with van der Waals surface area (Å²) in [6.45, 7) is 12.4. The number of amides is 1. The number of carbonyl (C=O) groups excluding carboxylic acids is 2. The van der Waals surface area contributed by atoms with Gasteiger partial charge in [-0.3, -0.25) is 4.79 Å². The van der Waals surface area contributed by atoms with E-state index in [4.69, 9.17) is 9.47 Å². The number of carboxylic acids is 1. The van der Waals surface area contributed by atoms with Crippen molar-refractivity contribution in [1.82, 2.24) is 5.32 Å². The van der Waals surface area contributed by atoms with Crippen molar-refractivity contribution in [1.29, 1.82) is 0 Å². The fourth-order valence-corrected chi connectivity index (χ4v) is 3.25. The highest BCUT2D eigenvalue weighted by molar-refractivity contribution is 5.81. The molecule has 2 N–H and O–H groups in total. The van der Waals surface area contributed by atoms with Gasteiger partial charge in [0.15, 0.2) is 0 Å². The van der Waals surface area contributed by atoms with Crippen LogP contribution >= 0.6 is 0 Å². The Kier molecular flexibility index (Phi) is 7.69. The van der Waals surface area contributed by atoms with Gasteiger partial charge in [0.05, 0.1) is 5.41 Å². The van der Waals surface area contributed by atoms with Gasteiger partial charge < -0.3 is 19.9 Å². The van der Waals surface area contributed by atoms with E-state index in [0.717, 1.165) is 0 Å². The Morgan fingerprint density at radius 3 is 1.93 bits per heavy atom. The van der Waals surface area contributed by atoms with Crippen molar-refractivity contribution in [2.24, 2.45) is 17.3 Å². The molecule has 0 radical (unpaired) electrons. The molecule has 1 atom stereocenters. The summed E-state index contributed by atoms with van der Waals surface area (Å²) in [6.07, 6.45) is 1.76. The number of carbonyl (C=O) groups is 3. The highest BCUT2D eigenvalue weighted by atomic mass is 16.6. The number of rotatable bonds is 6. The first kappa shape index (κ1) is 23.2. The molecule has 0 saturated heterocycles. The normalized spacial score (nSPS) is 22.1. The number of hydrogen-bond acceptors (Lipinski definition) is 5. The monoisotopic (exact) mass is 385 g/mol. The lowest BCUT2D eigenvalue weighted by atomic mass is 9.70. The summed E-state index contributed by atoms with van der Waals surface area (Å²) >= 11 is 0. The summed E-state index contributed by atoms with van der Waals surface area (Å²) in [6, 6.07) is -0.784. The van der Waals surface area contributed by atoms with Gasteiger partial charge >= 0.3 is 18.0 Å². The minimum atomic E-state index is -0.802. The lowest BCUT2D eigenvalue weighted by Gasteiger charge is -2.36. The summed E-state index contributed by atoms with van der Waals surface area (Å²) in [4.78, 5) is 36.0. The van der Waals surface area contributed by atoms with Crippen LogP contribution in [-0.4, -0.2) is 40.9 Å². The fourth-order valence-electron chi connectivity index (χ4n) is 3.25. The molecule has 1 amide bonds. The van der Waals surface area contributed by atoms with E-state index in [9.17, 15) is 19.5 Å². The van der Waals surface area contributed by atoms with Gasteiger partial charge in [0, 0.05) is 0 Å². The SMILES string of the molecule is CC(C)[C@H](NC(=O)OC(C)(C)C)C(=O)O[C@H]1CC[C@H](C(C)(C)C(=O)O)CC1. The van der Waals surface area contributed by atoms with Gasteiger partial charge in [0.2, 0.25) is 0 Å². The number of esters is 1. The van der Waals surface area contributed by atoms with Crippen molar-refractivity contribution in [2.75, 3.05) is 0 Å². The third-order valence-corrected chi connectivity index (χ3v) is 5.12. The Bertz CT molecular complexity index is 541. The van der Waals surface area contributed by atoms with Crippen molar-refractivity contribution in [3.05, 3.63) is 0 Å². The summed E-state index contributed by atoms with van der Waals surface area (Å²) in [7, 11) is 0. The van der Waals surface area contributed by atoms with Crippen LogP contribution in [0.4, 0.5) is 4.79 Å². The van der Waals surface area contributed by atoms with Crippen molar-refractivity contribution < 1.29 is 29.0 Å². The lowest BCUT2D eigenvalue weighted by Crippen LogP contribution is -2.48. The summed E-state index contributed by atoms with van der Waals surface area (Å²) < 4.78 is 10.8. The smallest absolute Gasteiger partial charge is 0.408 e. The standard InChI is InChI=1S/C20H35NO6/c1-12(2)15(21-18(25)27-19(3,4)5)16(22)26-14-10-8-13(9-11-14)20(6,7)17(23)24/h12-15H,8-11H2,1-7H3,(H,21,25)(H,23,24)/t13-,14-,15-/m0/s1. The lowest BCUT2D eigenvalue weighted by molar-refractivity contribution is -0.158. The largest absolute Gasteiger partial charge is 0.481 e. The van der Waals surface area contributed by atoms with E-state index in [1.165, 1.54) is 0 Å². The molecule has 1 fully saturated rings. The Hall–Kier alpha value is -1.79. The number of aliphatic carboxylic acids is 1. The van der Waals surface area contributed by atoms with Crippen molar-refractivity contribution in [3.8, 4) is 0 Å². The first-order valence-electron chi connectivity index (χ1n) is 9.67. The molecule has 1 aliphatic rings. The van der Waals surface area contributed by atoms with Crippen molar-refractivity contribution >= 4 is 18.0 Å². The zero-order valence-electron chi connectivity index (χ0n) is 17.6. The van der Waals surface area contributed by atoms with E-state index in [-0.39, 0.29) is 17.9 Å². The zero-order chi connectivity index (χ0) is 21.0. The molecule has 156 valence electrons. The van der Waals surface area contributed by atoms with Gasteiger partial charge in [-0.05, 0) is 72.1 Å². The van der Waals surface area contributed by atoms with E-state index in [2.05, 4.69) is 5.32 Å². The predicted molar refractivity (Wildman–Crippen MR) is 101 cm³/mol. The molecule has 0 spiro atoms. The summed E-state index contributed by atoms with van der Waals surface area (Å²) in [5, 5.41) is 12.0. The van der Waals surface area contributed by atoms with Crippen LogP contribution in [0.2, 0.25) is 0 Å². The topological polar surface area (TPSA) is 102 Å². The van der Waals surface area contributed by atoms with E-state index in [0.29, 0.717) is 25.7 Å². The molecule has 0 aromatic heterocycles. The van der Waals surface area contributed by atoms with E-state index < -0.39 is 35.1 Å². The molecule has 1 saturated carbocycles. The van der Waals surface area contributed by atoms with Crippen LogP contribution in [0, 0.1) is 17.3 Å². The van der Waals surface area contributed by atoms with Crippen LogP contribution in [0.3, 0.4) is 0 Å². The highest BCUT2D eigenvalue weighted by Crippen LogP contribution is 2.39. The second-order valence-electron chi connectivity index (χ2n) is 9.31. The second kappa shape index (κ2) is 8.93. The minimum absolute atomic E-state index is 0.0609. The molecule has 0 aromatic rings. The van der Waals surface area contributed by atoms with Gasteiger partial charge in [-0.2, -0.15) is 0 Å². The Morgan fingerprint density at radius 2 is 1.52 bits per heavy atom.